The van der Waals surface area contributed by atoms with Crippen molar-refractivity contribution in [3.8, 4) is 5.75 Å². The van der Waals surface area contributed by atoms with E-state index >= 15 is 0 Å². The fraction of sp³-hybridized carbons (Fsp3) is 0.700. The number of rotatable bonds is 5. The van der Waals surface area contributed by atoms with Gasteiger partial charge in [-0.2, -0.15) is 0 Å². The molecule has 1 saturated heterocycles. The van der Waals surface area contributed by atoms with Gasteiger partial charge in [0.15, 0.2) is 0 Å². The summed E-state index contributed by atoms with van der Waals surface area (Å²) in [6.45, 7) is 11.5. The Kier molecular flexibility index (Phi) is 4.49. The zero-order valence-corrected chi connectivity index (χ0v) is 14.7. The average molecular weight is 301 g/mol. The third-order valence-electron chi connectivity index (χ3n) is 5.67. The number of benzene rings is 1. The van der Waals surface area contributed by atoms with Crippen LogP contribution < -0.4 is 4.74 Å². The highest BCUT2D eigenvalue weighted by Crippen LogP contribution is 2.33. The van der Waals surface area contributed by atoms with Crippen LogP contribution in [-0.2, 0) is 5.41 Å². The second kappa shape index (κ2) is 6.23. The van der Waals surface area contributed by atoms with Gasteiger partial charge in [-0.3, -0.25) is 0 Å². The van der Waals surface area contributed by atoms with Gasteiger partial charge in [0.1, 0.15) is 11.9 Å². The lowest BCUT2D eigenvalue weighted by atomic mass is 9.81. The van der Waals surface area contributed by atoms with Gasteiger partial charge >= 0.3 is 0 Å². The van der Waals surface area contributed by atoms with E-state index in [1.807, 2.05) is 0 Å². The highest BCUT2D eigenvalue weighted by Gasteiger charge is 2.32. The number of aryl methyl sites for hydroxylation is 1. The molecule has 0 aromatic heterocycles. The minimum absolute atomic E-state index is 0.249. The molecule has 0 unspecified atom stereocenters. The molecule has 0 amide bonds. The molecule has 1 saturated carbocycles. The van der Waals surface area contributed by atoms with Crippen molar-refractivity contribution in [2.45, 2.75) is 77.4 Å². The molecule has 2 nitrogen and oxygen atoms in total. The fourth-order valence-corrected chi connectivity index (χ4v) is 3.38. The number of likely N-dealkylation sites (tertiary alicyclic amines) is 1. The molecule has 1 aliphatic carbocycles. The van der Waals surface area contributed by atoms with E-state index in [9.17, 15) is 0 Å². The Labute approximate surface area is 135 Å². The largest absolute Gasteiger partial charge is 0.490 e. The maximum absolute atomic E-state index is 6.31. The number of nitrogens with zero attached hydrogens (tertiary/aromatic N) is 1. The summed E-state index contributed by atoms with van der Waals surface area (Å²) in [6, 6.07) is 7.66. The summed E-state index contributed by atoms with van der Waals surface area (Å²) in [5.41, 5.74) is 2.95. The van der Waals surface area contributed by atoms with E-state index in [4.69, 9.17) is 4.74 Å². The Bertz CT molecular complexity index is 510. The first-order valence-electron chi connectivity index (χ1n) is 9.01. The van der Waals surface area contributed by atoms with Gasteiger partial charge in [-0.25, -0.2) is 0 Å². The van der Waals surface area contributed by atoms with Gasteiger partial charge in [-0.15, -0.1) is 0 Å². The molecule has 0 N–H and O–H groups in total. The van der Waals surface area contributed by atoms with Gasteiger partial charge in [-0.1, -0.05) is 32.9 Å². The Hall–Kier alpha value is -1.02. The molecule has 0 atom stereocenters. The molecule has 0 spiro atoms. The van der Waals surface area contributed by atoms with Gasteiger partial charge in [0.25, 0.3) is 0 Å². The maximum Gasteiger partial charge on any atom is 0.122 e. The van der Waals surface area contributed by atoms with Crippen LogP contribution in [0, 0.1) is 6.92 Å². The van der Waals surface area contributed by atoms with Gasteiger partial charge in [0.2, 0.25) is 0 Å². The van der Waals surface area contributed by atoms with Crippen LogP contribution in [0.4, 0.5) is 0 Å². The third-order valence-corrected chi connectivity index (χ3v) is 5.67. The van der Waals surface area contributed by atoms with Gasteiger partial charge < -0.3 is 9.64 Å². The van der Waals surface area contributed by atoms with Crippen LogP contribution in [0.5, 0.6) is 5.75 Å². The van der Waals surface area contributed by atoms with Crippen molar-refractivity contribution < 1.29 is 4.74 Å². The Morgan fingerprint density at radius 1 is 1.14 bits per heavy atom. The van der Waals surface area contributed by atoms with Gasteiger partial charge in [-0.05, 0) is 61.6 Å². The van der Waals surface area contributed by atoms with E-state index in [0.29, 0.717) is 6.10 Å². The van der Waals surface area contributed by atoms with Crippen LogP contribution in [0.3, 0.4) is 0 Å². The van der Waals surface area contributed by atoms with Crippen molar-refractivity contribution in [3.63, 3.8) is 0 Å². The minimum Gasteiger partial charge on any atom is -0.490 e. The molecule has 22 heavy (non-hydrogen) atoms. The van der Waals surface area contributed by atoms with Crippen LogP contribution in [-0.4, -0.2) is 30.1 Å². The molecule has 1 heterocycles. The Balaban J connectivity index is 1.61. The number of hydrogen-bond donors (Lipinski definition) is 0. The van der Waals surface area contributed by atoms with Crippen molar-refractivity contribution in [1.82, 2.24) is 4.90 Å². The standard InChI is InChI=1S/C20H31NO/c1-5-20(3,4)16-6-9-19(15(2)14-16)22-18-10-12-21(13-11-18)17-7-8-17/h6,9,14,17-18H,5,7-8,10-13H2,1-4H3. The van der Waals surface area contributed by atoms with Crippen LogP contribution in [0.15, 0.2) is 18.2 Å². The first kappa shape index (κ1) is 15.9. The predicted octanol–water partition coefficient (Wildman–Crippen LogP) is 4.69. The topological polar surface area (TPSA) is 12.5 Å². The fourth-order valence-electron chi connectivity index (χ4n) is 3.38. The summed E-state index contributed by atoms with van der Waals surface area (Å²) in [5, 5.41) is 0. The lowest BCUT2D eigenvalue weighted by molar-refractivity contribution is 0.0960. The van der Waals surface area contributed by atoms with Crippen LogP contribution >= 0.6 is 0 Å². The first-order chi connectivity index (χ1) is 10.5. The molecule has 2 fully saturated rings. The predicted molar refractivity (Wildman–Crippen MR) is 92.7 cm³/mol. The molecule has 122 valence electrons. The maximum atomic E-state index is 6.31. The van der Waals surface area contributed by atoms with Crippen LogP contribution in [0.25, 0.3) is 0 Å². The molecule has 1 aromatic rings. The van der Waals surface area contributed by atoms with E-state index in [1.54, 1.807) is 0 Å². The SMILES string of the molecule is CCC(C)(C)c1ccc(OC2CCN(C3CC3)CC2)c(C)c1. The second-order valence-corrected chi connectivity index (χ2v) is 7.80. The molecule has 2 heteroatoms. The molecule has 0 bridgehead atoms. The van der Waals surface area contributed by atoms with Crippen molar-refractivity contribution in [2.75, 3.05) is 13.1 Å². The molecular weight excluding hydrogens is 270 g/mol. The zero-order valence-electron chi connectivity index (χ0n) is 14.7. The Morgan fingerprint density at radius 2 is 1.82 bits per heavy atom. The number of piperidine rings is 1. The third kappa shape index (κ3) is 3.48. The van der Waals surface area contributed by atoms with Crippen molar-refractivity contribution in [3.05, 3.63) is 29.3 Å². The average Bonchev–Trinajstić information content (AvgIpc) is 3.35. The van der Waals surface area contributed by atoms with Gasteiger partial charge in [0.05, 0.1) is 0 Å². The lowest BCUT2D eigenvalue weighted by Crippen LogP contribution is -2.39. The summed E-state index contributed by atoms with van der Waals surface area (Å²) >= 11 is 0. The monoisotopic (exact) mass is 301 g/mol. The molecule has 0 radical (unpaired) electrons. The van der Waals surface area contributed by atoms with E-state index in [-0.39, 0.29) is 5.41 Å². The van der Waals surface area contributed by atoms with E-state index in [0.717, 1.165) is 18.2 Å². The summed E-state index contributed by atoms with van der Waals surface area (Å²) in [5.74, 6) is 1.08. The van der Waals surface area contributed by atoms with E-state index < -0.39 is 0 Å². The number of hydrogen-bond acceptors (Lipinski definition) is 2. The van der Waals surface area contributed by atoms with Crippen molar-refractivity contribution >= 4 is 0 Å². The minimum atomic E-state index is 0.249. The lowest BCUT2D eigenvalue weighted by Gasteiger charge is -2.32. The second-order valence-electron chi connectivity index (χ2n) is 7.80. The first-order valence-corrected chi connectivity index (χ1v) is 9.01. The molecule has 3 rings (SSSR count). The van der Waals surface area contributed by atoms with Gasteiger partial charge in [0, 0.05) is 19.1 Å². The highest BCUT2D eigenvalue weighted by atomic mass is 16.5. The van der Waals surface area contributed by atoms with Crippen LogP contribution in [0.1, 0.15) is 64.0 Å². The molecular formula is C20H31NO. The Morgan fingerprint density at radius 3 is 2.36 bits per heavy atom. The van der Waals surface area contributed by atoms with E-state index in [2.05, 4.69) is 50.8 Å². The molecule has 2 aliphatic rings. The number of ether oxygens (including phenoxy) is 1. The zero-order chi connectivity index (χ0) is 15.7. The summed E-state index contributed by atoms with van der Waals surface area (Å²) in [4.78, 5) is 2.65. The summed E-state index contributed by atoms with van der Waals surface area (Å²) in [7, 11) is 0. The molecule has 1 aliphatic heterocycles. The van der Waals surface area contributed by atoms with Crippen molar-refractivity contribution in [1.29, 1.82) is 0 Å². The smallest absolute Gasteiger partial charge is 0.122 e. The normalized spacial score (nSPS) is 21.1. The molecule has 1 aromatic carbocycles. The van der Waals surface area contributed by atoms with E-state index in [1.165, 1.54) is 49.9 Å². The highest BCUT2D eigenvalue weighted by molar-refractivity contribution is 5.39. The van der Waals surface area contributed by atoms with Crippen LogP contribution in [0.2, 0.25) is 0 Å². The summed E-state index contributed by atoms with van der Waals surface area (Å²) in [6.07, 6.45) is 6.75. The quantitative estimate of drug-likeness (QED) is 0.782. The van der Waals surface area contributed by atoms with Crippen molar-refractivity contribution in [2.24, 2.45) is 0 Å². The summed E-state index contributed by atoms with van der Waals surface area (Å²) < 4.78 is 6.31.